The van der Waals surface area contributed by atoms with Crippen LogP contribution in [0.3, 0.4) is 0 Å². The molecule has 2 rings (SSSR count). The van der Waals surface area contributed by atoms with Crippen molar-refractivity contribution in [2.75, 3.05) is 26.2 Å². The van der Waals surface area contributed by atoms with Gasteiger partial charge in [-0.3, -0.25) is 4.90 Å². The third-order valence-electron chi connectivity index (χ3n) is 4.11. The molecule has 19 heavy (non-hydrogen) atoms. The number of nitrogens with zero attached hydrogens (tertiary/aromatic N) is 3. The van der Waals surface area contributed by atoms with Gasteiger partial charge in [-0.15, -0.1) is 0 Å². The molecule has 0 amide bonds. The molecule has 0 spiro atoms. The first-order valence-electron chi connectivity index (χ1n) is 7.73. The Morgan fingerprint density at radius 1 is 1.37 bits per heavy atom. The highest BCUT2D eigenvalue weighted by Crippen LogP contribution is 2.16. The fourth-order valence-electron chi connectivity index (χ4n) is 2.91. The normalized spacial score (nSPS) is 20.8. The van der Waals surface area contributed by atoms with Crippen molar-refractivity contribution >= 4 is 0 Å². The smallest absolute Gasteiger partial charge is 0.105 e. The zero-order valence-corrected chi connectivity index (χ0v) is 12.4. The summed E-state index contributed by atoms with van der Waals surface area (Å²) in [7, 11) is 0. The van der Waals surface area contributed by atoms with Gasteiger partial charge in [-0.05, 0) is 39.3 Å². The Hall–Kier alpha value is -0.870. The summed E-state index contributed by atoms with van der Waals surface area (Å²) in [4.78, 5) is 6.95. The molecular formula is C15H28N4. The maximum atomic E-state index is 4.29. The molecule has 1 fully saturated rings. The predicted octanol–water partition coefficient (Wildman–Crippen LogP) is 2.05. The summed E-state index contributed by atoms with van der Waals surface area (Å²) < 4.78 is 2.26. The molecule has 1 aromatic heterocycles. The summed E-state index contributed by atoms with van der Waals surface area (Å²) in [5, 5.41) is 3.58. The zero-order valence-electron chi connectivity index (χ0n) is 12.4. The molecule has 2 heterocycles. The number of aromatic nitrogens is 2. The Kier molecular flexibility index (Phi) is 5.86. The van der Waals surface area contributed by atoms with E-state index in [1.807, 2.05) is 6.20 Å². The van der Waals surface area contributed by atoms with Crippen LogP contribution in [0.15, 0.2) is 12.4 Å². The molecule has 1 unspecified atom stereocenters. The largest absolute Gasteiger partial charge is 0.334 e. The third-order valence-corrected chi connectivity index (χ3v) is 4.11. The first-order chi connectivity index (χ1) is 9.31. The second kappa shape index (κ2) is 7.65. The molecule has 4 nitrogen and oxygen atoms in total. The first-order valence-corrected chi connectivity index (χ1v) is 7.73. The van der Waals surface area contributed by atoms with Crippen LogP contribution in [0.5, 0.6) is 0 Å². The van der Waals surface area contributed by atoms with Gasteiger partial charge < -0.3 is 9.88 Å². The van der Waals surface area contributed by atoms with Gasteiger partial charge >= 0.3 is 0 Å². The molecule has 1 N–H and O–H groups in total. The zero-order chi connectivity index (χ0) is 13.5. The Balaban J connectivity index is 1.80. The maximum absolute atomic E-state index is 4.29. The van der Waals surface area contributed by atoms with Crippen molar-refractivity contribution in [3.63, 3.8) is 0 Å². The lowest BCUT2D eigenvalue weighted by Gasteiger charge is -2.36. The van der Waals surface area contributed by atoms with Crippen LogP contribution in [0.25, 0.3) is 0 Å². The summed E-state index contributed by atoms with van der Waals surface area (Å²) >= 11 is 0. The van der Waals surface area contributed by atoms with E-state index in [4.69, 9.17) is 0 Å². The minimum Gasteiger partial charge on any atom is -0.334 e. The fourth-order valence-corrected chi connectivity index (χ4v) is 2.91. The van der Waals surface area contributed by atoms with Gasteiger partial charge in [0.25, 0.3) is 0 Å². The molecule has 0 aliphatic carbocycles. The van der Waals surface area contributed by atoms with Crippen molar-refractivity contribution in [1.29, 1.82) is 0 Å². The van der Waals surface area contributed by atoms with Crippen LogP contribution in [0, 0.1) is 6.92 Å². The number of nitrogens with one attached hydrogen (secondary N) is 1. The number of hydrogen-bond acceptors (Lipinski definition) is 3. The van der Waals surface area contributed by atoms with Gasteiger partial charge in [0.05, 0.1) is 0 Å². The number of imidazole rings is 1. The van der Waals surface area contributed by atoms with Crippen LogP contribution in [0.2, 0.25) is 0 Å². The van der Waals surface area contributed by atoms with E-state index in [-0.39, 0.29) is 0 Å². The summed E-state index contributed by atoms with van der Waals surface area (Å²) in [5.41, 5.74) is 0. The molecule has 1 aromatic rings. The number of likely N-dealkylation sites (tertiary alicyclic amines) is 1. The van der Waals surface area contributed by atoms with Gasteiger partial charge in [-0.2, -0.15) is 0 Å². The number of rotatable bonds is 7. The van der Waals surface area contributed by atoms with Crippen LogP contribution >= 0.6 is 0 Å². The van der Waals surface area contributed by atoms with Crippen LogP contribution in [-0.2, 0) is 6.54 Å². The Bertz CT molecular complexity index is 361. The molecule has 1 aliphatic heterocycles. The molecule has 1 aliphatic rings. The van der Waals surface area contributed by atoms with Crippen LogP contribution in [-0.4, -0.2) is 46.7 Å². The molecule has 108 valence electrons. The first kappa shape index (κ1) is 14.5. The highest BCUT2D eigenvalue weighted by molar-refractivity contribution is 4.89. The van der Waals surface area contributed by atoms with E-state index in [9.17, 15) is 0 Å². The van der Waals surface area contributed by atoms with E-state index in [0.717, 1.165) is 38.0 Å². The summed E-state index contributed by atoms with van der Waals surface area (Å²) in [6.07, 6.45) is 9.29. The lowest BCUT2D eigenvalue weighted by molar-refractivity contribution is 0.140. The summed E-state index contributed by atoms with van der Waals surface area (Å²) in [6.45, 7) is 10.1. The van der Waals surface area contributed by atoms with Gasteiger partial charge in [0.2, 0.25) is 0 Å². The molecule has 4 heteroatoms. The van der Waals surface area contributed by atoms with E-state index < -0.39 is 0 Å². The molecule has 0 saturated carbocycles. The minimum atomic E-state index is 0.726. The molecular weight excluding hydrogens is 236 g/mol. The van der Waals surface area contributed by atoms with Gasteiger partial charge in [0, 0.05) is 38.1 Å². The van der Waals surface area contributed by atoms with Gasteiger partial charge in [0.15, 0.2) is 0 Å². The fraction of sp³-hybridized carbons (Fsp3) is 0.800. The number of piperidine rings is 1. The van der Waals surface area contributed by atoms with Crippen molar-refractivity contribution in [2.24, 2.45) is 0 Å². The van der Waals surface area contributed by atoms with Gasteiger partial charge in [-0.1, -0.05) is 13.3 Å². The van der Waals surface area contributed by atoms with Gasteiger partial charge in [0.1, 0.15) is 5.82 Å². The monoisotopic (exact) mass is 264 g/mol. The quantitative estimate of drug-likeness (QED) is 0.765. The van der Waals surface area contributed by atoms with E-state index >= 15 is 0 Å². The Morgan fingerprint density at radius 3 is 3.00 bits per heavy atom. The van der Waals surface area contributed by atoms with Crippen molar-refractivity contribution in [3.05, 3.63) is 18.2 Å². The third kappa shape index (κ3) is 4.32. The van der Waals surface area contributed by atoms with E-state index in [0.29, 0.717) is 0 Å². The average molecular weight is 264 g/mol. The number of hydrogen-bond donors (Lipinski definition) is 1. The van der Waals surface area contributed by atoms with Crippen LogP contribution in [0.4, 0.5) is 0 Å². The molecule has 0 aromatic carbocycles. The summed E-state index contributed by atoms with van der Waals surface area (Å²) in [5.74, 6) is 1.12. The van der Waals surface area contributed by atoms with Crippen molar-refractivity contribution in [3.8, 4) is 0 Å². The average Bonchev–Trinajstić information content (AvgIpc) is 2.83. The maximum Gasteiger partial charge on any atom is 0.105 e. The molecule has 0 bridgehead atoms. The summed E-state index contributed by atoms with van der Waals surface area (Å²) in [6, 6.07) is 0.726. The topological polar surface area (TPSA) is 33.1 Å². The molecule has 1 atom stereocenters. The second-order valence-corrected chi connectivity index (χ2v) is 5.56. The lowest BCUT2D eigenvalue weighted by Crippen LogP contribution is -2.46. The van der Waals surface area contributed by atoms with Crippen molar-refractivity contribution in [2.45, 2.75) is 52.1 Å². The lowest BCUT2D eigenvalue weighted by atomic mass is 10.0. The van der Waals surface area contributed by atoms with E-state index in [1.54, 1.807) is 0 Å². The van der Waals surface area contributed by atoms with Gasteiger partial charge in [-0.25, -0.2) is 4.98 Å². The standard InChI is InChI=1S/C15H28N4/c1-3-7-16-13-15-6-4-5-9-19(15)12-11-18-10-8-17-14(18)2/h8,10,15-16H,3-7,9,11-13H2,1-2H3. The Labute approximate surface area is 117 Å². The second-order valence-electron chi connectivity index (χ2n) is 5.56. The number of aryl methyl sites for hydroxylation is 1. The van der Waals surface area contributed by atoms with Crippen LogP contribution < -0.4 is 5.32 Å². The predicted molar refractivity (Wildman–Crippen MR) is 79.3 cm³/mol. The Morgan fingerprint density at radius 2 is 2.26 bits per heavy atom. The highest BCUT2D eigenvalue weighted by atomic mass is 15.2. The van der Waals surface area contributed by atoms with E-state index in [1.165, 1.54) is 32.2 Å². The van der Waals surface area contributed by atoms with Crippen LogP contribution in [0.1, 0.15) is 38.4 Å². The van der Waals surface area contributed by atoms with E-state index in [2.05, 4.69) is 39.8 Å². The van der Waals surface area contributed by atoms with Crippen molar-refractivity contribution in [1.82, 2.24) is 19.8 Å². The molecule has 1 saturated heterocycles. The van der Waals surface area contributed by atoms with Crippen molar-refractivity contribution < 1.29 is 0 Å². The highest BCUT2D eigenvalue weighted by Gasteiger charge is 2.21. The molecule has 0 radical (unpaired) electrons. The minimum absolute atomic E-state index is 0.726. The SMILES string of the molecule is CCCNCC1CCCCN1CCn1ccnc1C.